The third-order valence-corrected chi connectivity index (χ3v) is 4.73. The van der Waals surface area contributed by atoms with Crippen LogP contribution in [0.15, 0.2) is 47.2 Å². The number of benzene rings is 1. The molecule has 0 spiro atoms. The molecule has 2 aromatic heterocycles. The minimum atomic E-state index is -0.145. The molecule has 26 heavy (non-hydrogen) atoms. The molecular weight excluding hydrogens is 328 g/mol. The van der Waals surface area contributed by atoms with Gasteiger partial charge in [0.05, 0.1) is 12.5 Å². The molecule has 1 aromatic carbocycles. The normalized spacial score (nSPS) is 16.4. The third kappa shape index (κ3) is 3.10. The van der Waals surface area contributed by atoms with Crippen molar-refractivity contribution in [2.75, 3.05) is 6.54 Å². The highest BCUT2D eigenvalue weighted by Gasteiger charge is 2.32. The molecule has 1 atom stereocenters. The second kappa shape index (κ2) is 6.71. The van der Waals surface area contributed by atoms with Crippen LogP contribution in [0.25, 0.3) is 0 Å². The number of aromatic nitrogens is 3. The highest BCUT2D eigenvalue weighted by Crippen LogP contribution is 2.35. The van der Waals surface area contributed by atoms with Crippen molar-refractivity contribution in [3.8, 4) is 0 Å². The second-order valence-corrected chi connectivity index (χ2v) is 6.63. The van der Waals surface area contributed by atoms with E-state index in [4.69, 9.17) is 4.52 Å². The zero-order valence-electron chi connectivity index (χ0n) is 14.8. The molecular formula is C20H20N4O2. The van der Waals surface area contributed by atoms with Gasteiger partial charge in [0.2, 0.25) is 11.8 Å². The molecule has 4 rings (SSSR count). The first-order chi connectivity index (χ1) is 12.6. The first-order valence-electron chi connectivity index (χ1n) is 8.70. The summed E-state index contributed by atoms with van der Waals surface area (Å²) in [5.74, 6) is 0.883. The van der Waals surface area contributed by atoms with Gasteiger partial charge in [0.1, 0.15) is 0 Å². The summed E-state index contributed by atoms with van der Waals surface area (Å²) < 4.78 is 4.99. The smallest absolute Gasteiger partial charge is 0.231 e. The molecule has 1 aliphatic rings. The van der Waals surface area contributed by atoms with Crippen molar-refractivity contribution in [2.24, 2.45) is 0 Å². The van der Waals surface area contributed by atoms with Crippen molar-refractivity contribution in [2.45, 2.75) is 32.7 Å². The summed E-state index contributed by atoms with van der Waals surface area (Å²) in [6.45, 7) is 4.47. The molecule has 0 radical (unpaired) electrons. The Morgan fingerprint density at radius 3 is 2.92 bits per heavy atom. The van der Waals surface area contributed by atoms with Crippen LogP contribution in [-0.2, 0) is 17.6 Å². The fourth-order valence-electron chi connectivity index (χ4n) is 3.57. The van der Waals surface area contributed by atoms with Gasteiger partial charge in [-0.25, -0.2) is 0 Å². The van der Waals surface area contributed by atoms with Crippen LogP contribution in [0.2, 0.25) is 0 Å². The summed E-state index contributed by atoms with van der Waals surface area (Å²) in [7, 11) is 0. The molecule has 6 heteroatoms. The van der Waals surface area contributed by atoms with E-state index in [1.807, 2.05) is 23.2 Å². The lowest BCUT2D eigenvalue weighted by molar-refractivity contribution is -0.132. The van der Waals surface area contributed by atoms with Gasteiger partial charge >= 0.3 is 0 Å². The highest BCUT2D eigenvalue weighted by molar-refractivity contribution is 5.79. The Hall–Kier alpha value is -3.02. The van der Waals surface area contributed by atoms with Gasteiger partial charge in [0.25, 0.3) is 0 Å². The van der Waals surface area contributed by atoms with E-state index in [9.17, 15) is 4.79 Å². The van der Waals surface area contributed by atoms with Crippen molar-refractivity contribution < 1.29 is 9.32 Å². The van der Waals surface area contributed by atoms with Gasteiger partial charge < -0.3 is 9.42 Å². The molecule has 0 fully saturated rings. The maximum absolute atomic E-state index is 13.0. The van der Waals surface area contributed by atoms with Crippen LogP contribution in [0.5, 0.6) is 0 Å². The van der Waals surface area contributed by atoms with Gasteiger partial charge in [0.15, 0.2) is 5.82 Å². The van der Waals surface area contributed by atoms with Crippen molar-refractivity contribution >= 4 is 5.91 Å². The van der Waals surface area contributed by atoms with Crippen LogP contribution in [0, 0.1) is 13.8 Å². The number of fused-ring (bicyclic) bond motifs is 1. The van der Waals surface area contributed by atoms with Crippen molar-refractivity contribution in [3.05, 3.63) is 76.7 Å². The minimum Gasteiger partial charge on any atom is -0.340 e. The number of carbonyl (C=O) groups excluding carboxylic acids is 1. The monoisotopic (exact) mass is 348 g/mol. The second-order valence-electron chi connectivity index (χ2n) is 6.63. The quantitative estimate of drug-likeness (QED) is 0.728. The SMILES string of the molecule is Cc1ccc2c(c1)CCN(C(=O)Cc1noc(C)n1)C2c1cccnc1. The zero-order chi connectivity index (χ0) is 18.1. The molecule has 3 heterocycles. The molecule has 1 amide bonds. The molecule has 1 unspecified atom stereocenters. The van der Waals surface area contributed by atoms with E-state index in [0.29, 0.717) is 18.3 Å². The number of hydrogen-bond acceptors (Lipinski definition) is 5. The van der Waals surface area contributed by atoms with E-state index < -0.39 is 0 Å². The van der Waals surface area contributed by atoms with Crippen LogP contribution < -0.4 is 0 Å². The third-order valence-electron chi connectivity index (χ3n) is 4.73. The van der Waals surface area contributed by atoms with E-state index in [2.05, 4.69) is 40.2 Å². The van der Waals surface area contributed by atoms with Crippen LogP contribution in [0.1, 0.15) is 40.0 Å². The van der Waals surface area contributed by atoms with Crippen LogP contribution >= 0.6 is 0 Å². The summed E-state index contributed by atoms with van der Waals surface area (Å²) in [5.41, 5.74) is 4.69. The average Bonchev–Trinajstić information content (AvgIpc) is 3.06. The summed E-state index contributed by atoms with van der Waals surface area (Å²) in [6, 6.07) is 10.2. The van der Waals surface area contributed by atoms with Gasteiger partial charge in [0, 0.05) is 25.9 Å². The highest BCUT2D eigenvalue weighted by atomic mass is 16.5. The molecule has 0 aliphatic carbocycles. The average molecular weight is 348 g/mol. The molecule has 0 saturated heterocycles. The molecule has 3 aromatic rings. The van der Waals surface area contributed by atoms with E-state index in [1.165, 1.54) is 11.1 Å². The largest absolute Gasteiger partial charge is 0.340 e. The van der Waals surface area contributed by atoms with E-state index in [0.717, 1.165) is 17.5 Å². The standard InChI is InChI=1S/C20H20N4O2/c1-13-5-6-17-15(10-13)7-9-24(20(17)16-4-3-8-21-12-16)19(25)11-18-22-14(2)26-23-18/h3-6,8,10,12,20H,7,9,11H2,1-2H3. The fraction of sp³-hybridized carbons (Fsp3) is 0.300. The number of rotatable bonds is 3. The van der Waals surface area contributed by atoms with Crippen molar-refractivity contribution in [1.82, 2.24) is 20.0 Å². The summed E-state index contributed by atoms with van der Waals surface area (Å²) in [6.07, 6.45) is 4.55. The van der Waals surface area contributed by atoms with Gasteiger partial charge in [-0.2, -0.15) is 4.98 Å². The van der Waals surface area contributed by atoms with E-state index >= 15 is 0 Å². The van der Waals surface area contributed by atoms with E-state index in [-0.39, 0.29) is 18.4 Å². The minimum absolute atomic E-state index is 0.00845. The summed E-state index contributed by atoms with van der Waals surface area (Å²) >= 11 is 0. The Kier molecular flexibility index (Phi) is 4.24. The zero-order valence-corrected chi connectivity index (χ0v) is 14.8. The lowest BCUT2D eigenvalue weighted by Gasteiger charge is -2.37. The topological polar surface area (TPSA) is 72.1 Å². The Morgan fingerprint density at radius 2 is 2.19 bits per heavy atom. The summed E-state index contributed by atoms with van der Waals surface area (Å²) in [5, 5.41) is 3.86. The molecule has 132 valence electrons. The first-order valence-corrected chi connectivity index (χ1v) is 8.70. The fourth-order valence-corrected chi connectivity index (χ4v) is 3.57. The summed E-state index contributed by atoms with van der Waals surface area (Å²) in [4.78, 5) is 23.3. The van der Waals surface area contributed by atoms with Crippen LogP contribution in [0.3, 0.4) is 0 Å². The number of pyridine rings is 1. The Morgan fingerprint density at radius 1 is 1.31 bits per heavy atom. The van der Waals surface area contributed by atoms with E-state index in [1.54, 1.807) is 13.1 Å². The maximum Gasteiger partial charge on any atom is 0.231 e. The first kappa shape index (κ1) is 16.4. The van der Waals surface area contributed by atoms with Gasteiger partial charge in [-0.15, -0.1) is 0 Å². The number of nitrogens with zero attached hydrogens (tertiary/aromatic N) is 4. The van der Waals surface area contributed by atoms with Gasteiger partial charge in [-0.1, -0.05) is 35.0 Å². The molecule has 0 bridgehead atoms. The maximum atomic E-state index is 13.0. The molecule has 0 N–H and O–H groups in total. The number of aryl methyl sites for hydroxylation is 2. The van der Waals surface area contributed by atoms with Crippen molar-refractivity contribution in [1.29, 1.82) is 0 Å². The van der Waals surface area contributed by atoms with Gasteiger partial charge in [-0.3, -0.25) is 9.78 Å². The van der Waals surface area contributed by atoms with Crippen LogP contribution in [0.4, 0.5) is 0 Å². The molecule has 0 saturated carbocycles. The Balaban J connectivity index is 1.71. The van der Waals surface area contributed by atoms with Crippen LogP contribution in [-0.4, -0.2) is 32.5 Å². The predicted octanol–water partition coefficient (Wildman–Crippen LogP) is 2.80. The Bertz CT molecular complexity index is 936. The Labute approximate surface area is 151 Å². The molecule has 6 nitrogen and oxygen atoms in total. The number of carbonyl (C=O) groups is 1. The lowest BCUT2D eigenvalue weighted by atomic mass is 9.87. The van der Waals surface area contributed by atoms with Gasteiger partial charge in [-0.05, 0) is 36.1 Å². The number of hydrogen-bond donors (Lipinski definition) is 0. The van der Waals surface area contributed by atoms with Crippen molar-refractivity contribution in [3.63, 3.8) is 0 Å². The number of amides is 1. The lowest BCUT2D eigenvalue weighted by Crippen LogP contribution is -2.41. The molecule has 1 aliphatic heterocycles. The predicted molar refractivity (Wildman–Crippen MR) is 95.4 cm³/mol.